The van der Waals surface area contributed by atoms with Gasteiger partial charge in [-0.05, 0) is 45.1 Å². The second-order valence-electron chi connectivity index (χ2n) is 4.62. The number of hydrogen-bond acceptors (Lipinski definition) is 0. The molecule has 3 aromatic carbocycles. The maximum atomic E-state index is 6.31. The monoisotopic (exact) mass is 252 g/mol. The lowest BCUT2D eigenvalue weighted by atomic mass is 9.96. The predicted molar refractivity (Wildman–Crippen MR) is 81.5 cm³/mol. The summed E-state index contributed by atoms with van der Waals surface area (Å²) in [6.07, 6.45) is 0. The van der Waals surface area contributed by atoms with E-state index in [1.165, 1.54) is 10.9 Å². The lowest BCUT2D eigenvalue weighted by Crippen LogP contribution is -2.13. The van der Waals surface area contributed by atoms with E-state index in [9.17, 15) is 0 Å². The van der Waals surface area contributed by atoms with Gasteiger partial charge in [0.05, 0.1) is 0 Å². The van der Waals surface area contributed by atoms with Crippen molar-refractivity contribution in [1.29, 1.82) is 0 Å². The number of aryl methyl sites for hydroxylation is 1. The molecule has 0 N–H and O–H groups in total. The zero-order valence-corrected chi connectivity index (χ0v) is 11.0. The van der Waals surface area contributed by atoms with Crippen molar-refractivity contribution in [2.45, 2.75) is 6.92 Å². The van der Waals surface area contributed by atoms with Gasteiger partial charge in [0.1, 0.15) is 0 Å². The molecule has 3 aromatic rings. The summed E-state index contributed by atoms with van der Waals surface area (Å²) in [6, 6.07) is 12.2. The average Bonchev–Trinajstić information content (AvgIpc) is 2.35. The van der Waals surface area contributed by atoms with E-state index in [4.69, 9.17) is 11.6 Å². The first-order valence-electron chi connectivity index (χ1n) is 5.88. The molecule has 0 aromatic heterocycles. The third-order valence-corrected chi connectivity index (χ3v) is 3.86. The van der Waals surface area contributed by atoms with Gasteiger partial charge in [0.25, 0.3) is 0 Å². The van der Waals surface area contributed by atoms with Gasteiger partial charge in [0, 0.05) is 10.4 Å². The Kier molecular flexibility index (Phi) is 2.42. The molecule has 0 spiro atoms. The average molecular weight is 253 g/mol. The van der Waals surface area contributed by atoms with Crippen LogP contribution < -0.4 is 10.4 Å². The molecule has 0 atom stereocenters. The summed E-state index contributed by atoms with van der Waals surface area (Å²) >= 11 is 6.31. The van der Waals surface area contributed by atoms with Crippen LogP contribution >= 0.6 is 11.6 Å². The molecule has 0 unspecified atom stereocenters. The summed E-state index contributed by atoms with van der Waals surface area (Å²) in [5.74, 6) is 0. The summed E-state index contributed by atoms with van der Waals surface area (Å²) in [6.45, 7) is 10.5. The molecule has 0 saturated heterocycles. The summed E-state index contributed by atoms with van der Waals surface area (Å²) in [7, 11) is 0. The fourth-order valence-corrected chi connectivity index (χ4v) is 2.96. The van der Waals surface area contributed by atoms with Crippen LogP contribution in [-0.4, -0.2) is 0 Å². The van der Waals surface area contributed by atoms with Gasteiger partial charge in [-0.2, -0.15) is 0 Å². The molecule has 0 saturated carbocycles. The first kappa shape index (κ1) is 11.3. The lowest BCUT2D eigenvalue weighted by Gasteiger charge is -2.09. The Morgan fingerprint density at radius 1 is 0.833 bits per heavy atom. The molecular formula is C17H13Cl. The Morgan fingerprint density at radius 2 is 1.39 bits per heavy atom. The van der Waals surface area contributed by atoms with Gasteiger partial charge in [-0.15, -0.1) is 0 Å². The number of rotatable bonds is 0. The summed E-state index contributed by atoms with van der Waals surface area (Å²) in [5.41, 5.74) is 1.23. The number of hydrogen-bond donors (Lipinski definition) is 0. The highest BCUT2D eigenvalue weighted by molar-refractivity contribution is 6.36. The smallest absolute Gasteiger partial charge is 0.0490 e. The van der Waals surface area contributed by atoms with E-state index in [1.54, 1.807) is 0 Å². The molecule has 0 aliphatic carbocycles. The first-order valence-corrected chi connectivity index (χ1v) is 6.26. The van der Waals surface area contributed by atoms with Gasteiger partial charge in [-0.3, -0.25) is 0 Å². The Bertz CT molecular complexity index is 800. The predicted octanol–water partition coefficient (Wildman–Crippen LogP) is 3.78. The molecule has 0 aliphatic rings. The van der Waals surface area contributed by atoms with Crippen LogP contribution in [0.1, 0.15) is 5.56 Å². The Morgan fingerprint density at radius 3 is 2.11 bits per heavy atom. The van der Waals surface area contributed by atoms with Crippen molar-refractivity contribution in [3.63, 3.8) is 0 Å². The van der Waals surface area contributed by atoms with Crippen molar-refractivity contribution in [3.05, 3.63) is 57.4 Å². The van der Waals surface area contributed by atoms with Gasteiger partial charge in [0.15, 0.2) is 0 Å². The molecule has 0 nitrogen and oxygen atoms in total. The van der Waals surface area contributed by atoms with Gasteiger partial charge in [0.2, 0.25) is 0 Å². The highest BCUT2D eigenvalue weighted by Gasteiger charge is 2.07. The Balaban J connectivity index is 2.81. The number of fused-ring (bicyclic) bond motifs is 2. The van der Waals surface area contributed by atoms with Crippen molar-refractivity contribution in [3.8, 4) is 0 Å². The molecule has 0 fully saturated rings. The fraction of sp³-hybridized carbons (Fsp3) is 0.0588. The van der Waals surface area contributed by atoms with Gasteiger partial charge in [-0.1, -0.05) is 55.1 Å². The molecule has 0 radical (unpaired) electrons. The van der Waals surface area contributed by atoms with Crippen LogP contribution in [0, 0.1) is 6.92 Å². The van der Waals surface area contributed by atoms with Gasteiger partial charge < -0.3 is 0 Å². The van der Waals surface area contributed by atoms with E-state index in [0.717, 1.165) is 31.6 Å². The maximum absolute atomic E-state index is 6.31. The lowest BCUT2D eigenvalue weighted by molar-refractivity contribution is 1.52. The first-order chi connectivity index (χ1) is 8.61. The number of benzene rings is 3. The van der Waals surface area contributed by atoms with Crippen LogP contribution in [0.15, 0.2) is 36.4 Å². The third kappa shape index (κ3) is 1.39. The van der Waals surface area contributed by atoms with Crippen LogP contribution in [0.5, 0.6) is 0 Å². The molecule has 88 valence electrons. The Hall–Kier alpha value is -1.79. The summed E-state index contributed by atoms with van der Waals surface area (Å²) in [5, 5.41) is 7.20. The second-order valence-corrected chi connectivity index (χ2v) is 5.02. The van der Waals surface area contributed by atoms with Crippen LogP contribution in [0.25, 0.3) is 34.7 Å². The molecule has 1 heteroatoms. The third-order valence-electron chi connectivity index (χ3n) is 3.54. The zero-order chi connectivity index (χ0) is 12.9. The molecule has 0 amide bonds. The summed E-state index contributed by atoms with van der Waals surface area (Å²) < 4.78 is 0. The fourth-order valence-electron chi connectivity index (χ4n) is 2.67. The van der Waals surface area contributed by atoms with E-state index in [2.05, 4.69) is 44.3 Å². The van der Waals surface area contributed by atoms with Crippen molar-refractivity contribution in [1.82, 2.24) is 0 Å². The van der Waals surface area contributed by atoms with Gasteiger partial charge >= 0.3 is 0 Å². The van der Waals surface area contributed by atoms with Crippen molar-refractivity contribution in [2.24, 2.45) is 0 Å². The minimum atomic E-state index is 0.741. The molecule has 0 aliphatic heterocycles. The SMILES string of the molecule is C=c1c2cccc(Cl)c2c(=C)c2cccc(C)c12. The summed E-state index contributed by atoms with van der Waals surface area (Å²) in [4.78, 5) is 0. The van der Waals surface area contributed by atoms with Crippen molar-refractivity contribution in [2.75, 3.05) is 0 Å². The topological polar surface area (TPSA) is 0 Å². The van der Waals surface area contributed by atoms with Crippen LogP contribution in [-0.2, 0) is 0 Å². The van der Waals surface area contributed by atoms with E-state index in [0.29, 0.717) is 0 Å². The van der Waals surface area contributed by atoms with E-state index in [-0.39, 0.29) is 0 Å². The minimum Gasteiger partial charge on any atom is -0.0905 e. The normalized spacial score (nSPS) is 11.2. The zero-order valence-electron chi connectivity index (χ0n) is 10.3. The largest absolute Gasteiger partial charge is 0.0905 e. The molecule has 0 heterocycles. The van der Waals surface area contributed by atoms with Gasteiger partial charge in [-0.25, -0.2) is 0 Å². The van der Waals surface area contributed by atoms with Crippen LogP contribution in [0.3, 0.4) is 0 Å². The number of halogens is 1. The second kappa shape index (κ2) is 3.86. The molecular weight excluding hydrogens is 240 g/mol. The molecule has 0 bridgehead atoms. The molecule has 3 rings (SSSR count). The maximum Gasteiger partial charge on any atom is 0.0490 e. The van der Waals surface area contributed by atoms with E-state index < -0.39 is 0 Å². The van der Waals surface area contributed by atoms with Crippen molar-refractivity contribution < 1.29 is 0 Å². The van der Waals surface area contributed by atoms with E-state index >= 15 is 0 Å². The van der Waals surface area contributed by atoms with Crippen molar-refractivity contribution >= 4 is 46.3 Å². The highest BCUT2D eigenvalue weighted by atomic mass is 35.5. The quantitative estimate of drug-likeness (QED) is 0.534. The van der Waals surface area contributed by atoms with Crippen LogP contribution in [0.2, 0.25) is 5.02 Å². The highest BCUT2D eigenvalue weighted by Crippen LogP contribution is 2.21. The van der Waals surface area contributed by atoms with Crippen LogP contribution in [0.4, 0.5) is 0 Å². The molecule has 18 heavy (non-hydrogen) atoms. The minimum absolute atomic E-state index is 0.741. The standard InChI is InChI=1S/C17H13Cl/c1-10-6-4-7-13-12(3)17-14(11(2)16(10)13)8-5-9-15(17)18/h4-9H,2-3H2,1H3. The Labute approximate surface area is 111 Å². The van der Waals surface area contributed by atoms with E-state index in [1.807, 2.05) is 12.1 Å².